The molecule has 1 atom stereocenters. The van der Waals surface area contributed by atoms with Gasteiger partial charge < -0.3 is 22.9 Å². The van der Waals surface area contributed by atoms with Gasteiger partial charge in [0.15, 0.2) is 0 Å². The van der Waals surface area contributed by atoms with Crippen molar-refractivity contribution in [2.24, 2.45) is 11.7 Å². The van der Waals surface area contributed by atoms with Gasteiger partial charge in [0, 0.05) is 22.8 Å². The Hall–Kier alpha value is -3.66. The third-order valence-electron chi connectivity index (χ3n) is 5.78. The van der Waals surface area contributed by atoms with Crippen molar-refractivity contribution in [3.8, 4) is 0 Å². The largest absolute Gasteiger partial charge is 0.399 e. The topological polar surface area (TPSA) is 104 Å². The average Bonchev–Trinajstić information content (AvgIpc) is 2.73. The molecule has 4 heteroatoms. The molecule has 0 heterocycles. The minimum absolute atomic E-state index is 0.158. The van der Waals surface area contributed by atoms with Gasteiger partial charge in [-0.15, -0.1) is 0 Å². The fourth-order valence-electron chi connectivity index (χ4n) is 4.34. The molecule has 3 aromatic carbocycles. The number of nitrogens with two attached hydrogens (primary N) is 4. The number of hydrogen-bond donors (Lipinski definition) is 4. The van der Waals surface area contributed by atoms with E-state index in [0.717, 1.165) is 45.9 Å². The van der Waals surface area contributed by atoms with Crippen molar-refractivity contribution in [3.63, 3.8) is 0 Å². The number of rotatable bonds is 4. The maximum Gasteiger partial charge on any atom is 0.0516 e. The second-order valence-electron chi connectivity index (χ2n) is 7.58. The number of nitrogen functional groups attached to an aromatic ring is 3. The van der Waals surface area contributed by atoms with Crippen LogP contribution in [0.25, 0.3) is 0 Å². The third-order valence-corrected chi connectivity index (χ3v) is 5.78. The van der Waals surface area contributed by atoms with Crippen LogP contribution in [0.1, 0.15) is 23.1 Å². The fraction of sp³-hybridized carbons (Fsp3) is 0.120. The van der Waals surface area contributed by atoms with Crippen molar-refractivity contribution in [2.75, 3.05) is 17.2 Å². The highest BCUT2D eigenvalue weighted by atomic mass is 14.6. The van der Waals surface area contributed by atoms with Crippen LogP contribution in [0, 0.1) is 5.92 Å². The molecule has 0 fully saturated rings. The summed E-state index contributed by atoms with van der Waals surface area (Å²) >= 11 is 0. The number of allylic oxidation sites excluding steroid dienone is 3. The van der Waals surface area contributed by atoms with E-state index in [0.29, 0.717) is 0 Å². The summed E-state index contributed by atoms with van der Waals surface area (Å²) < 4.78 is 0. The minimum atomic E-state index is -0.442. The summed E-state index contributed by atoms with van der Waals surface area (Å²) in [5.74, 6) is 0.158. The van der Waals surface area contributed by atoms with Crippen LogP contribution in [-0.4, -0.2) is 0 Å². The van der Waals surface area contributed by atoms with Gasteiger partial charge in [-0.3, -0.25) is 0 Å². The summed E-state index contributed by atoms with van der Waals surface area (Å²) in [5.41, 5.74) is 30.1. The lowest BCUT2D eigenvalue weighted by molar-refractivity contribution is 0.446. The van der Waals surface area contributed by atoms with Gasteiger partial charge in [0.2, 0.25) is 0 Å². The maximum absolute atomic E-state index is 6.04. The van der Waals surface area contributed by atoms with Gasteiger partial charge in [0.1, 0.15) is 0 Å². The van der Waals surface area contributed by atoms with E-state index < -0.39 is 5.41 Å². The molecule has 0 amide bonds. The SMILES string of the molecule is NC1=CCC(C(c2ccc(N)cc2)(c2ccc(N)cc2)c2ccc(N)cc2)C=C1. The van der Waals surface area contributed by atoms with E-state index in [4.69, 9.17) is 22.9 Å². The molecule has 0 saturated heterocycles. The first-order valence-electron chi connectivity index (χ1n) is 9.72. The quantitative estimate of drug-likeness (QED) is 0.401. The van der Waals surface area contributed by atoms with Gasteiger partial charge in [-0.1, -0.05) is 48.6 Å². The second-order valence-corrected chi connectivity index (χ2v) is 7.58. The lowest BCUT2D eigenvalue weighted by Gasteiger charge is -2.42. The Morgan fingerprint density at radius 2 is 0.966 bits per heavy atom. The van der Waals surface area contributed by atoms with E-state index in [-0.39, 0.29) is 5.92 Å². The first-order chi connectivity index (χ1) is 14.0. The molecule has 29 heavy (non-hydrogen) atoms. The molecule has 0 aromatic heterocycles. The van der Waals surface area contributed by atoms with Crippen molar-refractivity contribution >= 4 is 17.1 Å². The summed E-state index contributed by atoms with van der Waals surface area (Å²) in [6.07, 6.45) is 7.11. The zero-order chi connectivity index (χ0) is 20.4. The molecule has 1 aliphatic rings. The smallest absolute Gasteiger partial charge is 0.0516 e. The molecular formula is C25H26N4. The molecule has 0 bridgehead atoms. The first-order valence-corrected chi connectivity index (χ1v) is 9.72. The molecule has 4 nitrogen and oxygen atoms in total. The van der Waals surface area contributed by atoms with Crippen molar-refractivity contribution in [2.45, 2.75) is 11.8 Å². The van der Waals surface area contributed by atoms with Crippen molar-refractivity contribution < 1.29 is 0 Å². The molecule has 0 saturated carbocycles. The summed E-state index contributed by atoms with van der Waals surface area (Å²) in [4.78, 5) is 0. The second kappa shape index (κ2) is 7.40. The van der Waals surface area contributed by atoms with Gasteiger partial charge in [-0.2, -0.15) is 0 Å². The zero-order valence-electron chi connectivity index (χ0n) is 16.3. The highest BCUT2D eigenvalue weighted by molar-refractivity contribution is 5.58. The monoisotopic (exact) mass is 382 g/mol. The summed E-state index contributed by atoms with van der Waals surface area (Å²) in [7, 11) is 0. The van der Waals surface area contributed by atoms with Crippen LogP contribution in [0.4, 0.5) is 17.1 Å². The van der Waals surface area contributed by atoms with Gasteiger partial charge in [-0.25, -0.2) is 0 Å². The number of benzene rings is 3. The van der Waals surface area contributed by atoms with Crippen LogP contribution in [0.15, 0.2) is 96.7 Å². The maximum atomic E-state index is 6.04. The Morgan fingerprint density at radius 1 is 0.586 bits per heavy atom. The van der Waals surface area contributed by atoms with Crippen LogP contribution in [0.2, 0.25) is 0 Å². The average molecular weight is 383 g/mol. The van der Waals surface area contributed by atoms with Crippen LogP contribution >= 0.6 is 0 Å². The molecule has 146 valence electrons. The molecule has 1 aliphatic carbocycles. The molecule has 3 aromatic rings. The van der Waals surface area contributed by atoms with Crippen LogP contribution in [0.3, 0.4) is 0 Å². The first kappa shape index (κ1) is 18.7. The Labute approximate surface area is 171 Å². The van der Waals surface area contributed by atoms with Gasteiger partial charge in [0.05, 0.1) is 5.41 Å². The van der Waals surface area contributed by atoms with Crippen molar-refractivity contribution in [3.05, 3.63) is 113 Å². The Balaban J connectivity index is 2.03. The third kappa shape index (κ3) is 3.34. The van der Waals surface area contributed by atoms with E-state index in [1.165, 1.54) is 0 Å². The molecule has 0 aliphatic heterocycles. The Kier molecular flexibility index (Phi) is 4.77. The molecule has 0 spiro atoms. The van der Waals surface area contributed by atoms with E-state index in [2.05, 4.69) is 48.6 Å². The van der Waals surface area contributed by atoms with Crippen LogP contribution in [-0.2, 0) is 5.41 Å². The van der Waals surface area contributed by atoms with Gasteiger partial charge >= 0.3 is 0 Å². The highest BCUT2D eigenvalue weighted by Crippen LogP contribution is 2.48. The lowest BCUT2D eigenvalue weighted by atomic mass is 9.60. The van der Waals surface area contributed by atoms with Crippen molar-refractivity contribution in [1.82, 2.24) is 0 Å². The molecule has 0 radical (unpaired) electrons. The minimum Gasteiger partial charge on any atom is -0.399 e. The summed E-state index contributed by atoms with van der Waals surface area (Å²) in [6, 6.07) is 24.4. The van der Waals surface area contributed by atoms with Crippen molar-refractivity contribution in [1.29, 1.82) is 0 Å². The summed E-state index contributed by atoms with van der Waals surface area (Å²) in [5, 5.41) is 0. The molecule has 1 unspecified atom stereocenters. The summed E-state index contributed by atoms with van der Waals surface area (Å²) in [6.45, 7) is 0. The van der Waals surface area contributed by atoms with Gasteiger partial charge in [0.25, 0.3) is 0 Å². The molecular weight excluding hydrogens is 356 g/mol. The number of anilines is 3. The predicted octanol–water partition coefficient (Wildman–Crippen LogP) is 4.19. The number of hydrogen-bond acceptors (Lipinski definition) is 4. The fourth-order valence-corrected chi connectivity index (χ4v) is 4.34. The van der Waals surface area contributed by atoms with Gasteiger partial charge in [-0.05, 0) is 71.5 Å². The lowest BCUT2D eigenvalue weighted by Crippen LogP contribution is -2.38. The predicted molar refractivity (Wildman–Crippen MR) is 122 cm³/mol. The molecule has 4 rings (SSSR count). The van der Waals surface area contributed by atoms with E-state index in [1.54, 1.807) is 0 Å². The van der Waals surface area contributed by atoms with Crippen LogP contribution in [0.5, 0.6) is 0 Å². The van der Waals surface area contributed by atoms with E-state index >= 15 is 0 Å². The zero-order valence-corrected chi connectivity index (χ0v) is 16.3. The standard InChI is InChI=1S/C25H26N4/c26-21-9-1-17(2-10-21)25(18-3-11-22(27)12-4-18,19-5-13-23(28)14-6-19)20-7-15-24(29)16-8-20/h1-7,9-16,20H,8,26-29H2. The normalized spacial score (nSPS) is 16.4. The molecule has 8 N–H and O–H groups in total. The Bertz CT molecular complexity index is 935. The van der Waals surface area contributed by atoms with E-state index in [9.17, 15) is 0 Å². The Morgan fingerprint density at radius 3 is 1.28 bits per heavy atom. The van der Waals surface area contributed by atoms with Crippen LogP contribution < -0.4 is 22.9 Å². The van der Waals surface area contributed by atoms with E-state index in [1.807, 2.05) is 42.5 Å². The highest BCUT2D eigenvalue weighted by Gasteiger charge is 2.42.